The van der Waals surface area contributed by atoms with Gasteiger partial charge in [0, 0.05) is 23.8 Å². The standard InChI is InChI=1S/C25H22FN5O/c1-14-9-15(2)27-24(10-14)31-21-7-5-18(26)11-17(21)12-23(31)25(32)29-19-6-8-22-20(13-19)28-16(3)30(22)4/h5-13H,1-4H3,(H,29,32). The van der Waals surface area contributed by atoms with Crippen molar-refractivity contribution in [2.75, 3.05) is 5.32 Å². The molecule has 3 heterocycles. The number of benzene rings is 2. The minimum Gasteiger partial charge on any atom is -0.331 e. The lowest BCUT2D eigenvalue weighted by Gasteiger charge is -2.12. The highest BCUT2D eigenvalue weighted by Gasteiger charge is 2.19. The first kappa shape index (κ1) is 19.9. The van der Waals surface area contributed by atoms with Crippen molar-refractivity contribution < 1.29 is 9.18 Å². The number of anilines is 1. The van der Waals surface area contributed by atoms with Gasteiger partial charge >= 0.3 is 0 Å². The highest BCUT2D eigenvalue weighted by molar-refractivity contribution is 6.07. The molecule has 0 radical (unpaired) electrons. The predicted octanol–water partition coefficient (Wildman–Crippen LogP) is 5.23. The van der Waals surface area contributed by atoms with Gasteiger partial charge in [-0.1, -0.05) is 0 Å². The number of amides is 1. The van der Waals surface area contributed by atoms with Crippen LogP contribution in [-0.4, -0.2) is 25.0 Å². The maximum absolute atomic E-state index is 13.9. The average molecular weight is 427 g/mol. The number of aromatic nitrogens is 4. The van der Waals surface area contributed by atoms with Crippen molar-refractivity contribution in [1.29, 1.82) is 0 Å². The van der Waals surface area contributed by atoms with E-state index in [1.165, 1.54) is 12.1 Å². The first-order valence-electron chi connectivity index (χ1n) is 10.3. The van der Waals surface area contributed by atoms with E-state index in [-0.39, 0.29) is 11.7 Å². The fraction of sp³-hybridized carbons (Fsp3) is 0.160. The van der Waals surface area contributed by atoms with Gasteiger partial charge in [0.1, 0.15) is 23.2 Å². The molecule has 0 atom stereocenters. The van der Waals surface area contributed by atoms with Gasteiger partial charge < -0.3 is 9.88 Å². The maximum Gasteiger partial charge on any atom is 0.272 e. The lowest BCUT2D eigenvalue weighted by atomic mass is 10.2. The van der Waals surface area contributed by atoms with Crippen LogP contribution in [-0.2, 0) is 7.05 Å². The van der Waals surface area contributed by atoms with Crippen molar-refractivity contribution in [3.8, 4) is 5.82 Å². The molecule has 1 amide bonds. The lowest BCUT2D eigenvalue weighted by molar-refractivity contribution is 0.102. The summed E-state index contributed by atoms with van der Waals surface area (Å²) in [7, 11) is 1.96. The van der Waals surface area contributed by atoms with E-state index >= 15 is 0 Å². The molecule has 6 nitrogen and oxygen atoms in total. The van der Waals surface area contributed by atoms with E-state index in [2.05, 4.69) is 15.3 Å². The number of nitrogens with zero attached hydrogens (tertiary/aromatic N) is 4. The minimum absolute atomic E-state index is 0.311. The quantitative estimate of drug-likeness (QED) is 0.429. The topological polar surface area (TPSA) is 64.7 Å². The zero-order valence-corrected chi connectivity index (χ0v) is 18.3. The number of pyridine rings is 1. The second-order valence-corrected chi connectivity index (χ2v) is 8.09. The summed E-state index contributed by atoms with van der Waals surface area (Å²) < 4.78 is 17.7. The van der Waals surface area contributed by atoms with Crippen molar-refractivity contribution in [2.45, 2.75) is 20.8 Å². The lowest BCUT2D eigenvalue weighted by Crippen LogP contribution is -2.17. The molecule has 0 aliphatic rings. The van der Waals surface area contributed by atoms with Gasteiger partial charge in [0.25, 0.3) is 5.91 Å². The van der Waals surface area contributed by atoms with E-state index in [4.69, 9.17) is 0 Å². The average Bonchev–Trinajstić information content (AvgIpc) is 3.24. The van der Waals surface area contributed by atoms with Gasteiger partial charge in [-0.25, -0.2) is 14.4 Å². The molecule has 0 fully saturated rings. The molecule has 0 bridgehead atoms. The monoisotopic (exact) mass is 427 g/mol. The Hall–Kier alpha value is -4.00. The number of carbonyl (C=O) groups is 1. The third-order valence-corrected chi connectivity index (χ3v) is 5.67. The number of hydrogen-bond acceptors (Lipinski definition) is 3. The Morgan fingerprint density at radius 2 is 1.72 bits per heavy atom. The predicted molar refractivity (Wildman–Crippen MR) is 124 cm³/mol. The highest BCUT2D eigenvalue weighted by atomic mass is 19.1. The van der Waals surface area contributed by atoms with Gasteiger partial charge in [-0.2, -0.15) is 0 Å². The summed E-state index contributed by atoms with van der Waals surface area (Å²) in [6.07, 6.45) is 0. The molecule has 7 heteroatoms. The van der Waals surface area contributed by atoms with Crippen LogP contribution in [0.3, 0.4) is 0 Å². The molecule has 0 aliphatic heterocycles. The fourth-order valence-corrected chi connectivity index (χ4v) is 4.13. The Morgan fingerprint density at radius 3 is 2.50 bits per heavy atom. The fourth-order valence-electron chi connectivity index (χ4n) is 4.13. The van der Waals surface area contributed by atoms with Crippen molar-refractivity contribution >= 4 is 33.5 Å². The van der Waals surface area contributed by atoms with Crippen molar-refractivity contribution in [3.05, 3.63) is 83.2 Å². The summed E-state index contributed by atoms with van der Waals surface area (Å²) in [5, 5.41) is 3.59. The zero-order valence-electron chi connectivity index (χ0n) is 18.3. The summed E-state index contributed by atoms with van der Waals surface area (Å²) >= 11 is 0. The van der Waals surface area contributed by atoms with Gasteiger partial charge in [0.2, 0.25) is 0 Å². The van der Waals surface area contributed by atoms with Crippen LogP contribution in [0.25, 0.3) is 27.8 Å². The number of hydrogen-bond donors (Lipinski definition) is 1. The summed E-state index contributed by atoms with van der Waals surface area (Å²) in [5.74, 6) is 0.845. The third kappa shape index (κ3) is 3.32. The molecule has 0 saturated carbocycles. The molecule has 3 aromatic heterocycles. The number of rotatable bonds is 3. The van der Waals surface area contributed by atoms with Crippen LogP contribution < -0.4 is 5.32 Å². The molecule has 0 saturated heterocycles. The Morgan fingerprint density at radius 1 is 0.938 bits per heavy atom. The second kappa shape index (κ2) is 7.30. The first-order valence-corrected chi connectivity index (χ1v) is 10.3. The molecule has 32 heavy (non-hydrogen) atoms. The normalized spacial score (nSPS) is 11.4. The highest BCUT2D eigenvalue weighted by Crippen LogP contribution is 2.27. The van der Waals surface area contributed by atoms with E-state index in [1.54, 1.807) is 16.7 Å². The van der Waals surface area contributed by atoms with Crippen molar-refractivity contribution in [3.63, 3.8) is 0 Å². The zero-order chi connectivity index (χ0) is 22.6. The molecule has 0 spiro atoms. The smallest absolute Gasteiger partial charge is 0.272 e. The number of aryl methyl sites for hydroxylation is 4. The maximum atomic E-state index is 13.9. The van der Waals surface area contributed by atoms with E-state index < -0.39 is 0 Å². The van der Waals surface area contributed by atoms with Crippen LogP contribution in [0.5, 0.6) is 0 Å². The van der Waals surface area contributed by atoms with Crippen LogP contribution in [0.15, 0.2) is 54.6 Å². The Balaban J connectivity index is 1.62. The van der Waals surface area contributed by atoms with Crippen LogP contribution in [0.4, 0.5) is 10.1 Å². The van der Waals surface area contributed by atoms with Crippen LogP contribution >= 0.6 is 0 Å². The molecular weight excluding hydrogens is 405 g/mol. The van der Waals surface area contributed by atoms with Gasteiger partial charge in [0.15, 0.2) is 0 Å². The third-order valence-electron chi connectivity index (χ3n) is 5.67. The van der Waals surface area contributed by atoms with Gasteiger partial charge in [-0.3, -0.25) is 9.36 Å². The summed E-state index contributed by atoms with van der Waals surface area (Å²) in [4.78, 5) is 22.5. The van der Waals surface area contributed by atoms with Gasteiger partial charge in [0.05, 0.1) is 16.6 Å². The largest absolute Gasteiger partial charge is 0.331 e. The Labute approximate surface area is 184 Å². The number of halogens is 1. The van der Waals surface area contributed by atoms with Crippen LogP contribution in [0.1, 0.15) is 27.6 Å². The number of nitrogens with one attached hydrogen (secondary N) is 1. The molecule has 0 aliphatic carbocycles. The van der Waals surface area contributed by atoms with Crippen molar-refractivity contribution in [2.24, 2.45) is 7.05 Å². The second-order valence-electron chi connectivity index (χ2n) is 8.09. The van der Waals surface area contributed by atoms with Crippen molar-refractivity contribution in [1.82, 2.24) is 19.1 Å². The SMILES string of the molecule is Cc1cc(C)nc(-n2c(C(=O)Nc3ccc4c(c3)nc(C)n4C)cc3cc(F)ccc32)c1. The molecule has 0 unspecified atom stereocenters. The van der Waals surface area contributed by atoms with Crippen LogP contribution in [0, 0.1) is 26.6 Å². The van der Waals surface area contributed by atoms with E-state index in [9.17, 15) is 9.18 Å². The van der Waals surface area contributed by atoms with E-state index in [1.807, 2.05) is 62.7 Å². The van der Waals surface area contributed by atoms with Gasteiger partial charge in [-0.05, 0) is 80.9 Å². The summed E-state index contributed by atoms with van der Waals surface area (Å²) in [6, 6.07) is 15.7. The number of carbonyl (C=O) groups excluding carboxylic acids is 1. The van der Waals surface area contributed by atoms with Crippen LogP contribution in [0.2, 0.25) is 0 Å². The molecule has 1 N–H and O–H groups in total. The number of imidazole rings is 1. The van der Waals surface area contributed by atoms with E-state index in [0.29, 0.717) is 28.1 Å². The molecule has 2 aromatic carbocycles. The van der Waals surface area contributed by atoms with E-state index in [0.717, 1.165) is 28.1 Å². The Kier molecular flexibility index (Phi) is 4.55. The van der Waals surface area contributed by atoms with Gasteiger partial charge in [-0.15, -0.1) is 0 Å². The molecule has 160 valence electrons. The number of fused-ring (bicyclic) bond motifs is 2. The molecule has 5 rings (SSSR count). The summed E-state index contributed by atoms with van der Waals surface area (Å²) in [5.41, 5.74) is 5.39. The minimum atomic E-state index is -0.356. The Bertz CT molecular complexity index is 1510. The summed E-state index contributed by atoms with van der Waals surface area (Å²) in [6.45, 7) is 5.83. The first-order chi connectivity index (χ1) is 15.3. The molecule has 5 aromatic rings. The molecular formula is C25H22FN5O.